The van der Waals surface area contributed by atoms with Gasteiger partial charge in [-0.05, 0) is 56.6 Å². The van der Waals surface area contributed by atoms with E-state index in [-0.39, 0.29) is 11.8 Å². The number of fused-ring (bicyclic) bond motifs is 1. The van der Waals surface area contributed by atoms with E-state index in [4.69, 9.17) is 15.8 Å². The molecule has 0 saturated carbocycles. The van der Waals surface area contributed by atoms with E-state index in [9.17, 15) is 4.39 Å². The van der Waals surface area contributed by atoms with Crippen LogP contribution in [0.15, 0.2) is 48.7 Å². The number of nitrogen functional groups attached to an aromatic ring is 1. The van der Waals surface area contributed by atoms with Crippen molar-refractivity contribution in [1.29, 1.82) is 0 Å². The van der Waals surface area contributed by atoms with E-state index in [1.807, 2.05) is 26.2 Å². The number of halogens is 1. The summed E-state index contributed by atoms with van der Waals surface area (Å²) in [6.07, 6.45) is 1.59. The highest BCUT2D eigenvalue weighted by atomic mass is 19.1. The number of nitrogens with one attached hydrogen (secondary N) is 1. The summed E-state index contributed by atoms with van der Waals surface area (Å²) in [7, 11) is 4.03. The van der Waals surface area contributed by atoms with E-state index in [0.29, 0.717) is 28.5 Å². The Morgan fingerprint density at radius 2 is 1.86 bits per heavy atom. The van der Waals surface area contributed by atoms with Crippen molar-refractivity contribution in [3.63, 3.8) is 0 Å². The first-order valence-electron chi connectivity index (χ1n) is 9.14. The topological polar surface area (TPSA) is 97.3 Å². The zero-order chi connectivity index (χ0) is 20.4. The molecule has 4 aromatic rings. The van der Waals surface area contributed by atoms with Gasteiger partial charge in [0.15, 0.2) is 5.65 Å². The molecule has 0 aliphatic carbocycles. The van der Waals surface area contributed by atoms with E-state index < -0.39 is 0 Å². The third-order valence-corrected chi connectivity index (χ3v) is 4.38. The number of anilines is 2. The van der Waals surface area contributed by atoms with Crippen molar-refractivity contribution < 1.29 is 4.39 Å². The largest absolute Gasteiger partial charge is 0.368 e. The molecule has 3 heterocycles. The van der Waals surface area contributed by atoms with Crippen LogP contribution < -0.4 is 11.1 Å². The third-order valence-electron chi connectivity index (χ3n) is 4.38. The molecule has 0 bridgehead atoms. The van der Waals surface area contributed by atoms with Gasteiger partial charge in [0.1, 0.15) is 23.0 Å². The van der Waals surface area contributed by atoms with Gasteiger partial charge in [0.05, 0.1) is 5.69 Å². The molecule has 0 fully saturated rings. The van der Waals surface area contributed by atoms with Crippen molar-refractivity contribution in [2.24, 2.45) is 0 Å². The fourth-order valence-corrected chi connectivity index (χ4v) is 2.98. The second-order valence-electron chi connectivity index (χ2n) is 6.83. The Kier molecular flexibility index (Phi) is 5.05. The molecule has 0 radical (unpaired) electrons. The first kappa shape index (κ1) is 18.8. The summed E-state index contributed by atoms with van der Waals surface area (Å²) in [5.41, 5.74) is 9.10. The molecule has 9 heteroatoms. The van der Waals surface area contributed by atoms with Crippen LogP contribution in [0.2, 0.25) is 0 Å². The monoisotopic (exact) mass is 392 g/mol. The van der Waals surface area contributed by atoms with E-state index in [1.165, 1.54) is 12.1 Å². The molecule has 1 aromatic carbocycles. The highest BCUT2D eigenvalue weighted by molar-refractivity contribution is 5.80. The van der Waals surface area contributed by atoms with Gasteiger partial charge < -0.3 is 16.0 Å². The number of hydrogen-bond donors (Lipinski definition) is 2. The summed E-state index contributed by atoms with van der Waals surface area (Å²) in [5.74, 6) is 0.560. The molecule has 3 N–H and O–H groups in total. The van der Waals surface area contributed by atoms with Gasteiger partial charge in [-0.25, -0.2) is 23.9 Å². The minimum atomic E-state index is -0.309. The quantitative estimate of drug-likeness (QED) is 0.520. The van der Waals surface area contributed by atoms with Gasteiger partial charge in [-0.3, -0.25) is 0 Å². The Morgan fingerprint density at radius 3 is 2.59 bits per heavy atom. The smallest absolute Gasteiger partial charge is 0.220 e. The van der Waals surface area contributed by atoms with Crippen molar-refractivity contribution >= 4 is 17.4 Å². The van der Waals surface area contributed by atoms with Gasteiger partial charge in [-0.1, -0.05) is 0 Å². The van der Waals surface area contributed by atoms with E-state index in [1.54, 1.807) is 28.9 Å². The van der Waals surface area contributed by atoms with Gasteiger partial charge in [0.2, 0.25) is 5.95 Å². The van der Waals surface area contributed by atoms with Crippen molar-refractivity contribution in [3.05, 3.63) is 54.5 Å². The molecule has 148 valence electrons. The summed E-state index contributed by atoms with van der Waals surface area (Å²) >= 11 is 0. The number of aromatic nitrogens is 5. The molecule has 8 nitrogen and oxygen atoms in total. The Bertz CT molecular complexity index is 1140. The van der Waals surface area contributed by atoms with Crippen molar-refractivity contribution in [3.8, 4) is 22.6 Å². The van der Waals surface area contributed by atoms with Crippen LogP contribution in [0.4, 0.5) is 16.2 Å². The van der Waals surface area contributed by atoms with Crippen molar-refractivity contribution in [2.75, 3.05) is 38.2 Å². The van der Waals surface area contributed by atoms with Crippen molar-refractivity contribution in [1.82, 2.24) is 29.5 Å². The first-order valence-corrected chi connectivity index (χ1v) is 9.14. The number of hydrogen-bond acceptors (Lipinski definition) is 7. The average Bonchev–Trinajstić information content (AvgIpc) is 3.07. The Balaban J connectivity index is 1.85. The van der Waals surface area contributed by atoms with Gasteiger partial charge in [-0.2, -0.15) is 0 Å². The summed E-state index contributed by atoms with van der Waals surface area (Å²) in [6.45, 7) is 1.63. The molecule has 0 saturated heterocycles. The number of benzene rings is 1. The van der Waals surface area contributed by atoms with Crippen LogP contribution in [0.5, 0.6) is 0 Å². The highest BCUT2D eigenvalue weighted by Crippen LogP contribution is 2.31. The Hall–Kier alpha value is -3.59. The summed E-state index contributed by atoms with van der Waals surface area (Å²) in [6, 6.07) is 11.7. The van der Waals surface area contributed by atoms with Crippen LogP contribution >= 0.6 is 0 Å². The fraction of sp³-hybridized carbons (Fsp3) is 0.200. The average molecular weight is 392 g/mol. The normalized spacial score (nSPS) is 11.3. The lowest BCUT2D eigenvalue weighted by atomic mass is 10.1. The zero-order valence-corrected chi connectivity index (χ0v) is 16.2. The number of imidazole rings is 1. The summed E-state index contributed by atoms with van der Waals surface area (Å²) < 4.78 is 15.1. The molecule has 0 unspecified atom stereocenters. The molecule has 3 aromatic heterocycles. The van der Waals surface area contributed by atoms with Crippen molar-refractivity contribution in [2.45, 2.75) is 0 Å². The SMILES string of the molecule is CN(C)CCNc1ccc2nc(-c3ccc(F)cc3)c(-c3ccnc(N)n3)n2n1. The molecule has 0 atom stereocenters. The molecule has 0 amide bonds. The molecule has 0 aliphatic heterocycles. The predicted molar refractivity (Wildman–Crippen MR) is 111 cm³/mol. The first-order chi connectivity index (χ1) is 14.0. The highest BCUT2D eigenvalue weighted by Gasteiger charge is 2.19. The van der Waals surface area contributed by atoms with Crippen LogP contribution in [-0.4, -0.2) is 56.7 Å². The molecular formula is C20H21FN8. The lowest BCUT2D eigenvalue weighted by Crippen LogP contribution is -2.21. The van der Waals surface area contributed by atoms with E-state index >= 15 is 0 Å². The lowest BCUT2D eigenvalue weighted by Gasteiger charge is -2.11. The lowest BCUT2D eigenvalue weighted by molar-refractivity contribution is 0.425. The Labute approximate surface area is 167 Å². The minimum Gasteiger partial charge on any atom is -0.368 e. The maximum absolute atomic E-state index is 13.4. The van der Waals surface area contributed by atoms with Gasteiger partial charge in [-0.15, -0.1) is 5.10 Å². The van der Waals surface area contributed by atoms with Crippen LogP contribution in [0, 0.1) is 5.82 Å². The number of rotatable bonds is 6. The third kappa shape index (κ3) is 3.99. The van der Waals surface area contributed by atoms with Gasteiger partial charge >= 0.3 is 0 Å². The van der Waals surface area contributed by atoms with Crippen LogP contribution in [0.3, 0.4) is 0 Å². The second-order valence-corrected chi connectivity index (χ2v) is 6.83. The molecule has 0 aliphatic rings. The van der Waals surface area contributed by atoms with E-state index in [2.05, 4.69) is 20.2 Å². The number of nitrogens with zero attached hydrogens (tertiary/aromatic N) is 6. The molecule has 0 spiro atoms. The number of nitrogens with two attached hydrogens (primary N) is 1. The number of likely N-dealkylation sites (N-methyl/N-ethyl adjacent to an activating group) is 1. The van der Waals surface area contributed by atoms with Gasteiger partial charge in [0, 0.05) is 24.8 Å². The Morgan fingerprint density at radius 1 is 1.07 bits per heavy atom. The molecule has 29 heavy (non-hydrogen) atoms. The zero-order valence-electron chi connectivity index (χ0n) is 16.2. The maximum atomic E-state index is 13.4. The minimum absolute atomic E-state index is 0.155. The predicted octanol–water partition coefficient (Wildman–Crippen LogP) is 2.55. The van der Waals surface area contributed by atoms with Crippen LogP contribution in [0.25, 0.3) is 28.3 Å². The van der Waals surface area contributed by atoms with Crippen LogP contribution in [-0.2, 0) is 0 Å². The molecule has 4 rings (SSSR count). The summed E-state index contributed by atoms with van der Waals surface area (Å²) in [5, 5.41) is 8.00. The summed E-state index contributed by atoms with van der Waals surface area (Å²) in [4.78, 5) is 15.1. The van der Waals surface area contributed by atoms with E-state index in [0.717, 1.165) is 18.7 Å². The maximum Gasteiger partial charge on any atom is 0.220 e. The second kappa shape index (κ2) is 7.80. The standard InChI is InChI=1S/C20H21FN8/c1-28(2)12-11-23-16-7-8-17-26-18(13-3-5-14(21)6-4-13)19(29(17)27-16)15-9-10-24-20(22)25-15/h3-10H,11-12H2,1-2H3,(H,23,27)(H2,22,24,25). The van der Waals surface area contributed by atoms with Crippen LogP contribution in [0.1, 0.15) is 0 Å². The molecular weight excluding hydrogens is 371 g/mol. The fourth-order valence-electron chi connectivity index (χ4n) is 2.98. The van der Waals surface area contributed by atoms with Gasteiger partial charge in [0.25, 0.3) is 0 Å².